The highest BCUT2D eigenvalue weighted by molar-refractivity contribution is 5.85. The van der Waals surface area contributed by atoms with Gasteiger partial charge in [-0.2, -0.15) is 0 Å². The standard InChI is InChI=1S/C19H22N4.2ClH/c1-22-17-9-3-2-8-16(17)21-19(22)18-10-5-11-23(18)13-14-6-4-7-15(20)12-14;;/h2-4,6-9,12,18H,5,10-11,13,20H2,1H3;2*1H. The Morgan fingerprint density at radius 2 is 1.92 bits per heavy atom. The van der Waals surface area contributed by atoms with E-state index in [-0.39, 0.29) is 24.8 Å². The molecular weight excluding hydrogens is 355 g/mol. The van der Waals surface area contributed by atoms with Crippen LogP contribution in [0.25, 0.3) is 11.0 Å². The minimum absolute atomic E-state index is 0. The first-order chi connectivity index (χ1) is 11.2. The van der Waals surface area contributed by atoms with Crippen LogP contribution in [0.5, 0.6) is 0 Å². The summed E-state index contributed by atoms with van der Waals surface area (Å²) in [4.78, 5) is 7.42. The number of rotatable bonds is 3. The predicted molar refractivity (Wildman–Crippen MR) is 108 cm³/mol. The quantitative estimate of drug-likeness (QED) is 0.689. The van der Waals surface area contributed by atoms with Crippen LogP contribution in [0.1, 0.15) is 30.3 Å². The van der Waals surface area contributed by atoms with Crippen LogP contribution >= 0.6 is 24.8 Å². The molecule has 0 amide bonds. The van der Waals surface area contributed by atoms with Gasteiger partial charge in [-0.15, -0.1) is 24.8 Å². The summed E-state index contributed by atoms with van der Waals surface area (Å²) in [5.74, 6) is 1.17. The third-order valence-electron chi connectivity index (χ3n) is 4.82. The maximum absolute atomic E-state index is 5.92. The normalized spacial score (nSPS) is 17.2. The van der Waals surface area contributed by atoms with Gasteiger partial charge >= 0.3 is 0 Å². The van der Waals surface area contributed by atoms with E-state index >= 15 is 0 Å². The first-order valence-corrected chi connectivity index (χ1v) is 8.22. The molecule has 3 aromatic rings. The van der Waals surface area contributed by atoms with Crippen LogP contribution in [0.15, 0.2) is 48.5 Å². The second kappa shape index (κ2) is 8.09. The Hall–Kier alpha value is -1.75. The van der Waals surface area contributed by atoms with Crippen molar-refractivity contribution in [3.8, 4) is 0 Å². The Bertz CT molecular complexity index is 846. The van der Waals surface area contributed by atoms with Crippen molar-refractivity contribution in [2.24, 2.45) is 7.05 Å². The molecule has 25 heavy (non-hydrogen) atoms. The van der Waals surface area contributed by atoms with Gasteiger partial charge in [-0.3, -0.25) is 4.90 Å². The van der Waals surface area contributed by atoms with Crippen molar-refractivity contribution in [2.45, 2.75) is 25.4 Å². The van der Waals surface area contributed by atoms with E-state index in [1.807, 2.05) is 12.1 Å². The van der Waals surface area contributed by atoms with Crippen LogP contribution in [0.2, 0.25) is 0 Å². The van der Waals surface area contributed by atoms with Crippen LogP contribution in [0.3, 0.4) is 0 Å². The van der Waals surface area contributed by atoms with E-state index in [4.69, 9.17) is 10.7 Å². The van der Waals surface area contributed by atoms with Crippen molar-refractivity contribution < 1.29 is 0 Å². The largest absolute Gasteiger partial charge is 0.399 e. The van der Waals surface area contributed by atoms with E-state index in [0.29, 0.717) is 6.04 Å². The number of halogens is 2. The second-order valence-corrected chi connectivity index (χ2v) is 6.39. The Labute approximate surface area is 160 Å². The van der Waals surface area contributed by atoms with Gasteiger partial charge in [-0.1, -0.05) is 24.3 Å². The molecule has 2 aromatic carbocycles. The van der Waals surface area contributed by atoms with Gasteiger partial charge in [0, 0.05) is 19.3 Å². The molecule has 1 saturated heterocycles. The number of hydrogen-bond donors (Lipinski definition) is 1. The Kier molecular flexibility index (Phi) is 6.33. The first kappa shape index (κ1) is 19.6. The van der Waals surface area contributed by atoms with E-state index in [9.17, 15) is 0 Å². The molecule has 6 heteroatoms. The van der Waals surface area contributed by atoms with Crippen LogP contribution < -0.4 is 5.73 Å². The number of nitrogen functional groups attached to an aromatic ring is 1. The second-order valence-electron chi connectivity index (χ2n) is 6.39. The average molecular weight is 379 g/mol. The number of aromatic nitrogens is 2. The van der Waals surface area contributed by atoms with Gasteiger partial charge in [0.15, 0.2) is 0 Å². The van der Waals surface area contributed by atoms with Gasteiger partial charge in [0.1, 0.15) is 5.82 Å². The van der Waals surface area contributed by atoms with Crippen LogP contribution in [-0.2, 0) is 13.6 Å². The van der Waals surface area contributed by atoms with E-state index < -0.39 is 0 Å². The molecule has 1 aliphatic heterocycles. The molecule has 4 nitrogen and oxygen atoms in total. The fourth-order valence-electron chi connectivity index (χ4n) is 3.70. The zero-order valence-electron chi connectivity index (χ0n) is 14.3. The molecule has 0 spiro atoms. The minimum Gasteiger partial charge on any atom is -0.399 e. The SMILES string of the molecule is Cl.Cl.Cn1c(C2CCCN2Cc2cccc(N)c2)nc2ccccc21. The highest BCUT2D eigenvalue weighted by Crippen LogP contribution is 2.34. The Morgan fingerprint density at radius 1 is 1.12 bits per heavy atom. The van der Waals surface area contributed by atoms with E-state index in [0.717, 1.165) is 24.3 Å². The Balaban J connectivity index is 0.00000113. The molecule has 2 heterocycles. The lowest BCUT2D eigenvalue weighted by molar-refractivity contribution is 0.237. The molecular formula is C19H24Cl2N4. The van der Waals surface area contributed by atoms with Crippen molar-refractivity contribution in [1.82, 2.24) is 14.5 Å². The topological polar surface area (TPSA) is 47.1 Å². The highest BCUT2D eigenvalue weighted by atomic mass is 35.5. The summed E-state index contributed by atoms with van der Waals surface area (Å²) in [6.45, 7) is 2.04. The van der Waals surface area contributed by atoms with Crippen LogP contribution in [0, 0.1) is 0 Å². The van der Waals surface area contributed by atoms with Gasteiger partial charge in [-0.05, 0) is 49.2 Å². The summed E-state index contributed by atoms with van der Waals surface area (Å²) < 4.78 is 2.25. The number of aryl methyl sites for hydroxylation is 1. The zero-order chi connectivity index (χ0) is 15.8. The molecule has 1 aromatic heterocycles. The molecule has 2 N–H and O–H groups in total. The number of imidazole rings is 1. The van der Waals surface area contributed by atoms with Crippen molar-refractivity contribution in [2.75, 3.05) is 12.3 Å². The number of hydrogen-bond acceptors (Lipinski definition) is 3. The Morgan fingerprint density at radius 3 is 2.68 bits per heavy atom. The maximum Gasteiger partial charge on any atom is 0.127 e. The lowest BCUT2D eigenvalue weighted by Gasteiger charge is -2.24. The molecule has 0 saturated carbocycles. The molecule has 0 aliphatic carbocycles. The number of nitrogens with two attached hydrogens (primary N) is 1. The molecule has 1 aliphatic rings. The number of nitrogens with zero attached hydrogens (tertiary/aromatic N) is 3. The highest BCUT2D eigenvalue weighted by Gasteiger charge is 2.29. The average Bonchev–Trinajstić information content (AvgIpc) is 3.12. The number of anilines is 1. The summed E-state index contributed by atoms with van der Waals surface area (Å²) in [7, 11) is 2.13. The number of fused-ring (bicyclic) bond motifs is 1. The van der Waals surface area contributed by atoms with Gasteiger partial charge in [0.2, 0.25) is 0 Å². The molecule has 1 unspecified atom stereocenters. The van der Waals surface area contributed by atoms with Gasteiger partial charge < -0.3 is 10.3 Å². The molecule has 0 radical (unpaired) electrons. The third-order valence-corrected chi connectivity index (χ3v) is 4.82. The zero-order valence-corrected chi connectivity index (χ0v) is 15.9. The van der Waals surface area contributed by atoms with Crippen LogP contribution in [0.4, 0.5) is 5.69 Å². The summed E-state index contributed by atoms with van der Waals surface area (Å²) in [6, 6.07) is 16.9. The first-order valence-electron chi connectivity index (χ1n) is 8.22. The number of para-hydroxylation sites is 2. The summed E-state index contributed by atoms with van der Waals surface area (Å²) in [5, 5.41) is 0. The van der Waals surface area contributed by atoms with E-state index in [1.165, 1.54) is 29.7 Å². The molecule has 4 rings (SSSR count). The smallest absolute Gasteiger partial charge is 0.127 e. The van der Waals surface area contributed by atoms with Gasteiger partial charge in [0.05, 0.1) is 17.1 Å². The van der Waals surface area contributed by atoms with Crippen molar-refractivity contribution >= 4 is 41.5 Å². The summed E-state index contributed by atoms with van der Waals surface area (Å²) in [6.07, 6.45) is 2.38. The molecule has 0 bridgehead atoms. The van der Waals surface area contributed by atoms with Crippen molar-refractivity contribution in [3.63, 3.8) is 0 Å². The van der Waals surface area contributed by atoms with Crippen molar-refractivity contribution in [3.05, 3.63) is 59.9 Å². The summed E-state index contributed by atoms with van der Waals surface area (Å²) in [5.41, 5.74) is 10.3. The van der Waals surface area contributed by atoms with Crippen LogP contribution in [-0.4, -0.2) is 21.0 Å². The molecule has 1 fully saturated rings. The fraction of sp³-hybridized carbons (Fsp3) is 0.316. The monoisotopic (exact) mass is 378 g/mol. The lowest BCUT2D eigenvalue weighted by Crippen LogP contribution is -2.24. The molecule has 1 atom stereocenters. The van der Waals surface area contributed by atoms with Gasteiger partial charge in [-0.25, -0.2) is 4.98 Å². The van der Waals surface area contributed by atoms with E-state index in [1.54, 1.807) is 0 Å². The summed E-state index contributed by atoms with van der Waals surface area (Å²) >= 11 is 0. The molecule has 134 valence electrons. The van der Waals surface area contributed by atoms with Crippen molar-refractivity contribution in [1.29, 1.82) is 0 Å². The lowest BCUT2D eigenvalue weighted by atomic mass is 10.1. The number of likely N-dealkylation sites (tertiary alicyclic amines) is 1. The fourth-order valence-corrected chi connectivity index (χ4v) is 3.70. The third kappa shape index (κ3) is 3.76. The van der Waals surface area contributed by atoms with E-state index in [2.05, 4.69) is 52.9 Å². The van der Waals surface area contributed by atoms with Gasteiger partial charge in [0.25, 0.3) is 0 Å². The number of benzene rings is 2. The predicted octanol–water partition coefficient (Wildman–Crippen LogP) is 4.34. The maximum atomic E-state index is 5.92. The minimum atomic E-state index is 0.